The first-order valence-electron chi connectivity index (χ1n) is 11.2. The van der Waals surface area contributed by atoms with Gasteiger partial charge in [-0.2, -0.15) is 0 Å². The smallest absolute Gasteiger partial charge is 0.321 e. The zero-order valence-electron chi connectivity index (χ0n) is 20.1. The summed E-state index contributed by atoms with van der Waals surface area (Å²) >= 11 is 0. The summed E-state index contributed by atoms with van der Waals surface area (Å²) in [5.41, 5.74) is 4.26. The van der Waals surface area contributed by atoms with Crippen LogP contribution < -0.4 is 16.0 Å². The molecule has 4 rings (SSSR count). The van der Waals surface area contributed by atoms with Crippen LogP contribution in [0.15, 0.2) is 54.6 Å². The maximum absolute atomic E-state index is 12.3. The lowest BCUT2D eigenvalue weighted by Crippen LogP contribution is -2.43. The van der Waals surface area contributed by atoms with Gasteiger partial charge < -0.3 is 30.2 Å². The molecule has 1 aliphatic rings. The number of anilines is 1. The Labute approximate surface area is 195 Å². The Hall–Kier alpha value is -3.52. The third-order valence-electron chi connectivity index (χ3n) is 5.02. The number of fused-ring (bicyclic) bond motifs is 1. The highest BCUT2D eigenvalue weighted by atomic mass is 16.5. The Morgan fingerprint density at radius 2 is 1.52 bits per heavy atom. The summed E-state index contributed by atoms with van der Waals surface area (Å²) in [6, 6.07) is 18.3. The number of hydrogen-bond acceptors (Lipinski definition) is 3. The van der Waals surface area contributed by atoms with Crippen molar-refractivity contribution in [2.75, 3.05) is 45.7 Å². The minimum absolute atomic E-state index is 0.0707. The van der Waals surface area contributed by atoms with Crippen molar-refractivity contribution in [3.05, 3.63) is 60.3 Å². The molecule has 8 nitrogen and oxygen atoms in total. The first-order chi connectivity index (χ1) is 16.0. The van der Waals surface area contributed by atoms with Crippen LogP contribution in [0.2, 0.25) is 0 Å². The summed E-state index contributed by atoms with van der Waals surface area (Å²) in [6.07, 6.45) is 0. The maximum atomic E-state index is 12.3. The van der Waals surface area contributed by atoms with Crippen LogP contribution in [0, 0.1) is 6.92 Å². The highest BCUT2D eigenvalue weighted by Crippen LogP contribution is 2.24. The summed E-state index contributed by atoms with van der Waals surface area (Å²) in [5, 5.41) is 8.91. The number of carbonyl (C=O) groups is 2. The molecule has 8 heteroatoms. The standard InChI is InChI=1S/C20H21N3O2.C3H8N2O.C2H6/c1-15-14-16-4-2-3-5-19(16)23(15)18-8-6-17(7-9-18)21-20(24)22-10-12-25-13-11-22;1-4-3(6)5-2;1-2/h2-9,14H,10-13H2,1H3,(H,21,24);1-2H3,(H2,4,5,6);1-2H3. The van der Waals surface area contributed by atoms with Gasteiger partial charge in [-0.15, -0.1) is 0 Å². The number of ether oxygens (including phenoxy) is 1. The van der Waals surface area contributed by atoms with Gasteiger partial charge in [-0.3, -0.25) is 0 Å². The minimum Gasteiger partial charge on any atom is -0.378 e. The van der Waals surface area contributed by atoms with Gasteiger partial charge in [-0.05, 0) is 43.3 Å². The molecular formula is C25H35N5O3. The van der Waals surface area contributed by atoms with E-state index in [1.165, 1.54) is 16.6 Å². The van der Waals surface area contributed by atoms with Gasteiger partial charge in [0, 0.05) is 49.6 Å². The van der Waals surface area contributed by atoms with E-state index in [1.807, 2.05) is 38.1 Å². The second kappa shape index (κ2) is 13.1. The number of amides is 4. The molecule has 0 saturated carbocycles. The Balaban J connectivity index is 0.000000421. The zero-order chi connectivity index (χ0) is 24.2. The van der Waals surface area contributed by atoms with Gasteiger partial charge in [0.1, 0.15) is 0 Å². The van der Waals surface area contributed by atoms with Crippen molar-refractivity contribution in [2.45, 2.75) is 20.8 Å². The first-order valence-corrected chi connectivity index (χ1v) is 11.2. The Morgan fingerprint density at radius 3 is 2.09 bits per heavy atom. The molecule has 0 spiro atoms. The molecule has 0 bridgehead atoms. The molecule has 0 aliphatic carbocycles. The molecular weight excluding hydrogens is 418 g/mol. The van der Waals surface area contributed by atoms with Crippen LogP contribution in [-0.2, 0) is 4.74 Å². The number of aromatic nitrogens is 1. The van der Waals surface area contributed by atoms with Crippen LogP contribution in [0.5, 0.6) is 0 Å². The molecule has 2 heterocycles. The van der Waals surface area contributed by atoms with E-state index < -0.39 is 0 Å². The second-order valence-electron chi connectivity index (χ2n) is 7.09. The number of carbonyl (C=O) groups excluding carboxylic acids is 2. The SMILES string of the molecule is CC.CNC(=O)NC.Cc1cc2ccccc2n1-c1ccc(NC(=O)N2CCOCC2)cc1. The highest BCUT2D eigenvalue weighted by Gasteiger charge is 2.16. The summed E-state index contributed by atoms with van der Waals surface area (Å²) in [5.74, 6) is 0. The number of nitrogens with zero attached hydrogens (tertiary/aromatic N) is 2. The lowest BCUT2D eigenvalue weighted by atomic mass is 10.2. The van der Waals surface area contributed by atoms with Gasteiger partial charge >= 0.3 is 12.1 Å². The predicted octanol–water partition coefficient (Wildman–Crippen LogP) is 4.37. The summed E-state index contributed by atoms with van der Waals surface area (Å²) in [7, 11) is 3.14. The van der Waals surface area contributed by atoms with E-state index in [-0.39, 0.29) is 12.1 Å². The van der Waals surface area contributed by atoms with E-state index in [0.717, 1.165) is 11.4 Å². The van der Waals surface area contributed by atoms with Crippen molar-refractivity contribution in [3.8, 4) is 5.69 Å². The van der Waals surface area contributed by atoms with Crippen LogP contribution >= 0.6 is 0 Å². The minimum atomic E-state index is -0.157. The fraction of sp³-hybridized carbons (Fsp3) is 0.360. The van der Waals surface area contributed by atoms with Crippen LogP contribution in [0.25, 0.3) is 16.6 Å². The molecule has 1 aliphatic heterocycles. The molecule has 1 aromatic heterocycles. The molecule has 178 valence electrons. The van der Waals surface area contributed by atoms with E-state index in [1.54, 1.807) is 19.0 Å². The number of urea groups is 2. The predicted molar refractivity (Wildman–Crippen MR) is 134 cm³/mol. The monoisotopic (exact) mass is 453 g/mol. The van der Waals surface area contributed by atoms with E-state index in [9.17, 15) is 9.59 Å². The van der Waals surface area contributed by atoms with Gasteiger partial charge in [0.2, 0.25) is 0 Å². The highest BCUT2D eigenvalue weighted by molar-refractivity contribution is 5.89. The van der Waals surface area contributed by atoms with E-state index in [0.29, 0.717) is 26.3 Å². The van der Waals surface area contributed by atoms with Crippen LogP contribution in [0.4, 0.5) is 15.3 Å². The fourth-order valence-electron chi connectivity index (χ4n) is 3.42. The second-order valence-corrected chi connectivity index (χ2v) is 7.09. The maximum Gasteiger partial charge on any atom is 0.321 e. The molecule has 0 atom stereocenters. The number of nitrogens with one attached hydrogen (secondary N) is 3. The van der Waals surface area contributed by atoms with Crippen molar-refractivity contribution in [1.82, 2.24) is 20.1 Å². The van der Waals surface area contributed by atoms with Crippen LogP contribution in [0.1, 0.15) is 19.5 Å². The van der Waals surface area contributed by atoms with Gasteiger partial charge in [-0.1, -0.05) is 32.0 Å². The van der Waals surface area contributed by atoms with Crippen LogP contribution in [0.3, 0.4) is 0 Å². The average Bonchev–Trinajstić information content (AvgIpc) is 3.21. The Bertz CT molecular complexity index is 1020. The van der Waals surface area contributed by atoms with Gasteiger partial charge in [0.25, 0.3) is 0 Å². The van der Waals surface area contributed by atoms with E-state index in [2.05, 4.69) is 57.8 Å². The molecule has 1 saturated heterocycles. The normalized spacial score (nSPS) is 12.6. The van der Waals surface area contributed by atoms with Gasteiger partial charge in [-0.25, -0.2) is 9.59 Å². The summed E-state index contributed by atoms with van der Waals surface area (Å²) in [4.78, 5) is 24.0. The zero-order valence-corrected chi connectivity index (χ0v) is 20.1. The molecule has 3 N–H and O–H groups in total. The quantitative estimate of drug-likeness (QED) is 0.538. The number of para-hydroxylation sites is 1. The molecule has 0 unspecified atom stereocenters. The molecule has 2 aromatic carbocycles. The summed E-state index contributed by atoms with van der Waals surface area (Å²) < 4.78 is 7.50. The molecule has 33 heavy (non-hydrogen) atoms. The van der Waals surface area contributed by atoms with Crippen LogP contribution in [-0.4, -0.2) is 61.9 Å². The van der Waals surface area contributed by atoms with E-state index in [4.69, 9.17) is 4.74 Å². The molecule has 0 radical (unpaired) electrons. The van der Waals surface area contributed by atoms with Crippen molar-refractivity contribution in [2.24, 2.45) is 0 Å². The number of hydrogen-bond donors (Lipinski definition) is 3. The largest absolute Gasteiger partial charge is 0.378 e. The fourth-order valence-corrected chi connectivity index (χ4v) is 3.42. The number of benzene rings is 2. The van der Waals surface area contributed by atoms with E-state index >= 15 is 0 Å². The number of rotatable bonds is 2. The lowest BCUT2D eigenvalue weighted by molar-refractivity contribution is 0.0564. The molecule has 1 fully saturated rings. The van der Waals surface area contributed by atoms with Crippen molar-refractivity contribution in [1.29, 1.82) is 0 Å². The average molecular weight is 454 g/mol. The van der Waals surface area contributed by atoms with Crippen molar-refractivity contribution < 1.29 is 14.3 Å². The molecule has 3 aromatic rings. The third kappa shape index (κ3) is 6.98. The number of morpholine rings is 1. The topological polar surface area (TPSA) is 87.6 Å². The summed E-state index contributed by atoms with van der Waals surface area (Å²) in [6.45, 7) is 8.59. The van der Waals surface area contributed by atoms with Crippen molar-refractivity contribution >= 4 is 28.7 Å². The molecule has 4 amide bonds. The van der Waals surface area contributed by atoms with Gasteiger partial charge in [0.05, 0.1) is 18.7 Å². The van der Waals surface area contributed by atoms with Gasteiger partial charge in [0.15, 0.2) is 0 Å². The first kappa shape index (κ1) is 25.7. The van der Waals surface area contributed by atoms with Crippen molar-refractivity contribution in [3.63, 3.8) is 0 Å². The third-order valence-corrected chi connectivity index (χ3v) is 5.02. The lowest BCUT2D eigenvalue weighted by Gasteiger charge is -2.26. The Kier molecular flexibility index (Phi) is 10.2. The number of aryl methyl sites for hydroxylation is 1. The Morgan fingerprint density at radius 1 is 0.909 bits per heavy atom.